The Bertz CT molecular complexity index is 393. The van der Waals surface area contributed by atoms with Gasteiger partial charge in [0, 0.05) is 17.6 Å². The van der Waals surface area contributed by atoms with Crippen LogP contribution in [0.4, 0.5) is 4.39 Å². The first-order valence-corrected chi connectivity index (χ1v) is 5.92. The van der Waals surface area contributed by atoms with Crippen molar-refractivity contribution in [2.24, 2.45) is 0 Å². The van der Waals surface area contributed by atoms with Crippen molar-refractivity contribution in [1.29, 1.82) is 0 Å². The smallest absolute Gasteiger partial charge is 0.257 e. The molecule has 102 valence electrons. The lowest BCUT2D eigenvalue weighted by atomic mass is 10.3. The van der Waals surface area contributed by atoms with Crippen molar-refractivity contribution in [3.05, 3.63) is 28.5 Å². The van der Waals surface area contributed by atoms with Gasteiger partial charge >= 0.3 is 0 Å². The number of halogens is 3. The van der Waals surface area contributed by atoms with Crippen molar-refractivity contribution in [3.63, 3.8) is 0 Å². The van der Waals surface area contributed by atoms with Crippen LogP contribution in [0.1, 0.15) is 0 Å². The lowest BCUT2D eigenvalue weighted by Crippen LogP contribution is -2.33. The average Bonchev–Trinajstić information content (AvgIpc) is 2.28. The maximum atomic E-state index is 13.3. The fourth-order valence-corrected chi connectivity index (χ4v) is 1.45. The van der Waals surface area contributed by atoms with Gasteiger partial charge in [0.05, 0.1) is 0 Å². The van der Waals surface area contributed by atoms with E-state index in [0.717, 1.165) is 0 Å². The molecule has 2 N–H and O–H groups in total. The first-order valence-electron chi connectivity index (χ1n) is 5.12. The van der Waals surface area contributed by atoms with E-state index in [1.54, 1.807) is 13.1 Å². The summed E-state index contributed by atoms with van der Waals surface area (Å²) in [6.07, 6.45) is 0. The number of ether oxygens (including phenoxy) is 1. The van der Waals surface area contributed by atoms with Crippen molar-refractivity contribution < 1.29 is 13.9 Å². The molecule has 0 aliphatic heterocycles. The van der Waals surface area contributed by atoms with Crippen LogP contribution in [0.2, 0.25) is 0 Å². The number of likely N-dealkylation sites (N-methyl/N-ethyl adjacent to an activating group) is 1. The van der Waals surface area contributed by atoms with Crippen molar-refractivity contribution in [2.75, 3.05) is 26.7 Å². The summed E-state index contributed by atoms with van der Waals surface area (Å²) in [7, 11) is 1.79. The van der Waals surface area contributed by atoms with Gasteiger partial charge in [-0.25, -0.2) is 4.39 Å². The highest BCUT2D eigenvalue weighted by atomic mass is 79.9. The molecule has 4 nitrogen and oxygen atoms in total. The number of amides is 1. The van der Waals surface area contributed by atoms with Gasteiger partial charge in [-0.05, 0) is 25.2 Å². The van der Waals surface area contributed by atoms with Gasteiger partial charge in [-0.2, -0.15) is 0 Å². The minimum Gasteiger partial charge on any atom is -0.481 e. The molecular weight excluding hydrogens is 326 g/mol. The normalized spacial score (nSPS) is 9.50. The van der Waals surface area contributed by atoms with E-state index in [0.29, 0.717) is 17.6 Å². The highest BCUT2D eigenvalue weighted by Gasteiger charge is 2.06. The Labute approximate surface area is 120 Å². The van der Waals surface area contributed by atoms with E-state index in [-0.39, 0.29) is 30.7 Å². The number of carbonyl (C=O) groups is 1. The van der Waals surface area contributed by atoms with Crippen LogP contribution in [-0.2, 0) is 4.79 Å². The molecular formula is C11H15BrClFN2O2. The Morgan fingerprint density at radius 1 is 1.44 bits per heavy atom. The quantitative estimate of drug-likeness (QED) is 0.775. The van der Waals surface area contributed by atoms with Gasteiger partial charge in [-0.3, -0.25) is 4.79 Å². The third-order valence-corrected chi connectivity index (χ3v) is 2.44. The molecule has 18 heavy (non-hydrogen) atoms. The number of carbonyl (C=O) groups excluding carboxylic acids is 1. The van der Waals surface area contributed by atoms with Gasteiger partial charge in [0.25, 0.3) is 5.91 Å². The van der Waals surface area contributed by atoms with Gasteiger partial charge in [0.1, 0.15) is 0 Å². The Kier molecular flexibility index (Phi) is 8.70. The molecule has 0 heterocycles. The van der Waals surface area contributed by atoms with Crippen LogP contribution in [-0.4, -0.2) is 32.7 Å². The Balaban J connectivity index is 0.00000289. The fraction of sp³-hybridized carbons (Fsp3) is 0.364. The highest BCUT2D eigenvalue weighted by molar-refractivity contribution is 9.10. The second kappa shape index (κ2) is 9.13. The van der Waals surface area contributed by atoms with Crippen molar-refractivity contribution in [2.45, 2.75) is 0 Å². The fourth-order valence-electron chi connectivity index (χ4n) is 1.11. The lowest BCUT2D eigenvalue weighted by Gasteiger charge is -2.08. The van der Waals surface area contributed by atoms with Crippen LogP contribution in [0.15, 0.2) is 22.7 Å². The van der Waals surface area contributed by atoms with Crippen LogP contribution in [0.5, 0.6) is 5.75 Å². The largest absolute Gasteiger partial charge is 0.481 e. The summed E-state index contributed by atoms with van der Waals surface area (Å²) in [6, 6.07) is 4.41. The van der Waals surface area contributed by atoms with Crippen molar-refractivity contribution >= 4 is 34.2 Å². The third kappa shape index (κ3) is 6.18. The summed E-state index contributed by atoms with van der Waals surface area (Å²) >= 11 is 3.14. The van der Waals surface area contributed by atoms with Gasteiger partial charge < -0.3 is 15.4 Å². The molecule has 7 heteroatoms. The standard InChI is InChI=1S/C11H14BrFN2O2.ClH/c1-14-4-5-15-11(16)7-17-10-3-2-8(12)6-9(10)13;/h2-3,6,14H,4-5,7H2,1H3,(H,15,16);1H. The van der Waals surface area contributed by atoms with E-state index in [4.69, 9.17) is 4.74 Å². The van der Waals surface area contributed by atoms with Crippen LogP contribution in [0.3, 0.4) is 0 Å². The van der Waals surface area contributed by atoms with Gasteiger partial charge in [-0.1, -0.05) is 15.9 Å². The first-order chi connectivity index (χ1) is 8.13. The maximum Gasteiger partial charge on any atom is 0.257 e. The second-order valence-corrected chi connectivity index (χ2v) is 4.23. The minimum absolute atomic E-state index is 0. The van der Waals surface area contributed by atoms with Gasteiger partial charge in [-0.15, -0.1) is 12.4 Å². The van der Waals surface area contributed by atoms with Crippen molar-refractivity contribution in [3.8, 4) is 5.75 Å². The summed E-state index contributed by atoms with van der Waals surface area (Å²) in [6.45, 7) is 1.00. The Morgan fingerprint density at radius 3 is 2.78 bits per heavy atom. The highest BCUT2D eigenvalue weighted by Crippen LogP contribution is 2.21. The molecule has 0 aliphatic carbocycles. The van der Waals surface area contributed by atoms with Crippen LogP contribution < -0.4 is 15.4 Å². The van der Waals surface area contributed by atoms with E-state index >= 15 is 0 Å². The zero-order valence-corrected chi connectivity index (χ0v) is 12.2. The molecule has 0 spiro atoms. The van der Waals surface area contributed by atoms with E-state index < -0.39 is 5.82 Å². The summed E-state index contributed by atoms with van der Waals surface area (Å²) in [4.78, 5) is 11.3. The topological polar surface area (TPSA) is 50.4 Å². The summed E-state index contributed by atoms with van der Waals surface area (Å²) in [5.41, 5.74) is 0. The first kappa shape index (κ1) is 17.2. The molecule has 0 unspecified atom stereocenters. The number of hydrogen-bond acceptors (Lipinski definition) is 3. The molecule has 1 rings (SSSR count). The molecule has 1 aromatic carbocycles. The van der Waals surface area contributed by atoms with E-state index in [1.807, 2.05) is 0 Å². The maximum absolute atomic E-state index is 13.3. The molecule has 0 bridgehead atoms. The van der Waals surface area contributed by atoms with Crippen LogP contribution in [0, 0.1) is 5.82 Å². The van der Waals surface area contributed by atoms with E-state index in [2.05, 4.69) is 26.6 Å². The molecule has 0 radical (unpaired) electrons. The molecule has 0 saturated carbocycles. The summed E-state index contributed by atoms with van der Waals surface area (Å²) in [5, 5.41) is 5.52. The van der Waals surface area contributed by atoms with Crippen molar-refractivity contribution in [1.82, 2.24) is 10.6 Å². The predicted molar refractivity (Wildman–Crippen MR) is 73.8 cm³/mol. The van der Waals surface area contributed by atoms with Crippen LogP contribution >= 0.6 is 28.3 Å². The molecule has 0 atom stereocenters. The summed E-state index contributed by atoms with van der Waals surface area (Å²) < 4.78 is 19.0. The zero-order chi connectivity index (χ0) is 12.7. The van der Waals surface area contributed by atoms with Gasteiger partial charge in [0.2, 0.25) is 0 Å². The zero-order valence-electron chi connectivity index (χ0n) is 9.83. The molecule has 1 aromatic rings. The SMILES string of the molecule is CNCCNC(=O)COc1ccc(Br)cc1F.Cl. The lowest BCUT2D eigenvalue weighted by molar-refractivity contribution is -0.123. The van der Waals surface area contributed by atoms with E-state index in [9.17, 15) is 9.18 Å². The molecule has 0 aliphatic rings. The Hall–Kier alpha value is -0.850. The third-order valence-electron chi connectivity index (χ3n) is 1.95. The van der Waals surface area contributed by atoms with Gasteiger partial charge in [0.15, 0.2) is 18.2 Å². The summed E-state index contributed by atoms with van der Waals surface area (Å²) in [5.74, 6) is -0.707. The predicted octanol–water partition coefficient (Wildman–Crippen LogP) is 1.72. The number of benzene rings is 1. The second-order valence-electron chi connectivity index (χ2n) is 3.32. The Morgan fingerprint density at radius 2 is 2.17 bits per heavy atom. The monoisotopic (exact) mass is 340 g/mol. The average molecular weight is 342 g/mol. The van der Waals surface area contributed by atoms with E-state index in [1.165, 1.54) is 12.1 Å². The number of nitrogens with one attached hydrogen (secondary N) is 2. The molecule has 0 fully saturated rings. The minimum atomic E-state index is -0.498. The molecule has 0 aromatic heterocycles. The number of rotatable bonds is 6. The molecule has 0 saturated heterocycles. The number of hydrogen-bond donors (Lipinski definition) is 2. The molecule has 1 amide bonds. The van der Waals surface area contributed by atoms with Crippen LogP contribution in [0.25, 0.3) is 0 Å².